The molecule has 1 atom stereocenters. The van der Waals surface area contributed by atoms with E-state index in [4.69, 9.17) is 16.3 Å². The van der Waals surface area contributed by atoms with Crippen LogP contribution in [0.5, 0.6) is 0 Å². The van der Waals surface area contributed by atoms with Crippen molar-refractivity contribution in [3.63, 3.8) is 0 Å². The molecule has 0 unspecified atom stereocenters. The number of ether oxygens (including phenoxy) is 2. The second kappa shape index (κ2) is 7.69. The van der Waals surface area contributed by atoms with Crippen LogP contribution >= 0.6 is 11.6 Å². The van der Waals surface area contributed by atoms with Crippen molar-refractivity contribution in [3.05, 3.63) is 11.6 Å². The van der Waals surface area contributed by atoms with Gasteiger partial charge in [0.15, 0.2) is 0 Å². The van der Waals surface area contributed by atoms with E-state index in [9.17, 15) is 4.79 Å². The lowest BCUT2D eigenvalue weighted by atomic mass is 10.2. The molecule has 0 bridgehead atoms. The lowest BCUT2D eigenvalue weighted by Gasteiger charge is -2.24. The van der Waals surface area contributed by atoms with Gasteiger partial charge in [0.1, 0.15) is 0 Å². The smallest absolute Gasteiger partial charge is 0.306 e. The van der Waals surface area contributed by atoms with Crippen molar-refractivity contribution >= 4 is 17.6 Å². The lowest BCUT2D eigenvalue weighted by Crippen LogP contribution is -2.35. The standard InChI is InChI=1S/C12H20ClNO3/c1-10(13)8-14(6-5-12(15)16-2)9-11-4-3-7-17-11/h11H,1,3-9H2,2H3/t11-/m0/s1. The van der Waals surface area contributed by atoms with Gasteiger partial charge < -0.3 is 9.47 Å². The summed E-state index contributed by atoms with van der Waals surface area (Å²) in [4.78, 5) is 13.2. The van der Waals surface area contributed by atoms with E-state index in [1.807, 2.05) is 0 Å². The highest BCUT2D eigenvalue weighted by Gasteiger charge is 2.19. The molecule has 0 aromatic carbocycles. The van der Waals surface area contributed by atoms with Crippen molar-refractivity contribution in [3.8, 4) is 0 Å². The van der Waals surface area contributed by atoms with Gasteiger partial charge in [-0.1, -0.05) is 18.2 Å². The van der Waals surface area contributed by atoms with Crippen LogP contribution in [0, 0.1) is 0 Å². The van der Waals surface area contributed by atoms with E-state index in [0.717, 1.165) is 26.0 Å². The molecule has 0 spiro atoms. The third-order valence-corrected chi connectivity index (χ3v) is 2.86. The van der Waals surface area contributed by atoms with Crippen LogP contribution in [0.3, 0.4) is 0 Å². The average Bonchev–Trinajstić information content (AvgIpc) is 2.77. The Balaban J connectivity index is 2.35. The Morgan fingerprint density at radius 1 is 1.65 bits per heavy atom. The Kier molecular flexibility index (Phi) is 6.55. The van der Waals surface area contributed by atoms with Gasteiger partial charge in [-0.05, 0) is 12.8 Å². The zero-order valence-corrected chi connectivity index (χ0v) is 11.0. The molecule has 1 fully saturated rings. The largest absolute Gasteiger partial charge is 0.469 e. The second-order valence-electron chi connectivity index (χ2n) is 4.21. The molecule has 1 saturated heterocycles. The Hall–Kier alpha value is -0.580. The summed E-state index contributed by atoms with van der Waals surface area (Å²) < 4.78 is 10.2. The molecule has 1 heterocycles. The summed E-state index contributed by atoms with van der Waals surface area (Å²) in [5.41, 5.74) is 0. The Morgan fingerprint density at radius 3 is 2.94 bits per heavy atom. The van der Waals surface area contributed by atoms with E-state index in [1.54, 1.807) is 0 Å². The molecule has 1 aliphatic heterocycles. The van der Waals surface area contributed by atoms with Gasteiger partial charge in [-0.25, -0.2) is 0 Å². The van der Waals surface area contributed by atoms with Crippen molar-refractivity contribution in [1.82, 2.24) is 4.90 Å². The van der Waals surface area contributed by atoms with Gasteiger partial charge in [0.05, 0.1) is 19.6 Å². The minimum absolute atomic E-state index is 0.206. The number of esters is 1. The van der Waals surface area contributed by atoms with Gasteiger partial charge >= 0.3 is 5.97 Å². The van der Waals surface area contributed by atoms with Crippen LogP contribution < -0.4 is 0 Å². The maximum Gasteiger partial charge on any atom is 0.306 e. The molecular formula is C12H20ClNO3. The highest BCUT2D eigenvalue weighted by atomic mass is 35.5. The molecule has 0 radical (unpaired) electrons. The van der Waals surface area contributed by atoms with Crippen molar-refractivity contribution in [2.75, 3.05) is 33.4 Å². The number of carbonyl (C=O) groups excluding carboxylic acids is 1. The van der Waals surface area contributed by atoms with Crippen LogP contribution in [-0.2, 0) is 14.3 Å². The van der Waals surface area contributed by atoms with Gasteiger partial charge in [0.25, 0.3) is 0 Å². The average molecular weight is 262 g/mol. The summed E-state index contributed by atoms with van der Waals surface area (Å²) in [6.07, 6.45) is 2.80. The number of hydrogen-bond donors (Lipinski definition) is 0. The fourth-order valence-corrected chi connectivity index (χ4v) is 2.07. The highest BCUT2D eigenvalue weighted by Crippen LogP contribution is 2.14. The summed E-state index contributed by atoms with van der Waals surface area (Å²) in [6.45, 7) is 6.51. The predicted molar refractivity (Wildman–Crippen MR) is 67.0 cm³/mol. The fourth-order valence-electron chi connectivity index (χ4n) is 1.91. The molecule has 0 aliphatic carbocycles. The van der Waals surface area contributed by atoms with Crippen LogP contribution in [0.4, 0.5) is 0 Å². The molecule has 4 nitrogen and oxygen atoms in total. The highest BCUT2D eigenvalue weighted by molar-refractivity contribution is 6.29. The van der Waals surface area contributed by atoms with E-state index in [2.05, 4.69) is 16.2 Å². The molecule has 0 N–H and O–H groups in total. The van der Waals surface area contributed by atoms with Crippen LogP contribution in [0.15, 0.2) is 11.6 Å². The van der Waals surface area contributed by atoms with Gasteiger partial charge in [0, 0.05) is 31.3 Å². The first-order valence-corrected chi connectivity index (χ1v) is 6.23. The Bertz CT molecular complexity index is 264. The fraction of sp³-hybridized carbons (Fsp3) is 0.750. The molecule has 0 saturated carbocycles. The topological polar surface area (TPSA) is 38.8 Å². The molecule has 5 heteroatoms. The van der Waals surface area contributed by atoms with Crippen molar-refractivity contribution in [2.24, 2.45) is 0 Å². The zero-order valence-electron chi connectivity index (χ0n) is 10.3. The summed E-state index contributed by atoms with van der Waals surface area (Å²) in [6, 6.07) is 0. The van der Waals surface area contributed by atoms with Crippen LogP contribution in [-0.4, -0.2) is 50.3 Å². The molecular weight excluding hydrogens is 242 g/mol. The quantitative estimate of drug-likeness (QED) is 0.655. The maximum absolute atomic E-state index is 11.1. The van der Waals surface area contributed by atoms with Crippen LogP contribution in [0.1, 0.15) is 19.3 Å². The van der Waals surface area contributed by atoms with Crippen molar-refractivity contribution in [2.45, 2.75) is 25.4 Å². The Morgan fingerprint density at radius 2 is 2.41 bits per heavy atom. The number of rotatable bonds is 7. The van der Waals surface area contributed by atoms with E-state index in [1.165, 1.54) is 7.11 Å². The molecule has 17 heavy (non-hydrogen) atoms. The van der Waals surface area contributed by atoms with Gasteiger partial charge in [-0.2, -0.15) is 0 Å². The van der Waals surface area contributed by atoms with Crippen molar-refractivity contribution < 1.29 is 14.3 Å². The summed E-state index contributed by atoms with van der Waals surface area (Å²) in [7, 11) is 1.40. The first kappa shape index (κ1) is 14.5. The van der Waals surface area contributed by atoms with Gasteiger partial charge in [-0.3, -0.25) is 9.69 Å². The molecule has 1 aliphatic rings. The summed E-state index contributed by atoms with van der Waals surface area (Å²) >= 11 is 5.81. The van der Waals surface area contributed by atoms with Gasteiger partial charge in [-0.15, -0.1) is 0 Å². The van der Waals surface area contributed by atoms with Crippen molar-refractivity contribution in [1.29, 1.82) is 0 Å². The third-order valence-electron chi connectivity index (χ3n) is 2.74. The molecule has 0 amide bonds. The summed E-state index contributed by atoms with van der Waals surface area (Å²) in [5, 5.41) is 0.577. The number of methoxy groups -OCH3 is 1. The van der Waals surface area contributed by atoms with E-state index >= 15 is 0 Å². The van der Waals surface area contributed by atoms with Crippen LogP contribution in [0.2, 0.25) is 0 Å². The monoisotopic (exact) mass is 261 g/mol. The number of carbonyl (C=O) groups is 1. The normalized spacial score (nSPS) is 19.6. The summed E-state index contributed by atoms with van der Waals surface area (Å²) in [5.74, 6) is -0.206. The third kappa shape index (κ3) is 6.05. The molecule has 0 aromatic heterocycles. The second-order valence-corrected chi connectivity index (χ2v) is 4.75. The molecule has 98 valence electrons. The number of nitrogens with zero attached hydrogens (tertiary/aromatic N) is 1. The lowest BCUT2D eigenvalue weighted by molar-refractivity contribution is -0.141. The SMILES string of the molecule is C=C(Cl)CN(CCC(=O)OC)C[C@@H]1CCCO1. The minimum atomic E-state index is -0.206. The molecule has 0 aromatic rings. The maximum atomic E-state index is 11.1. The van der Waals surface area contributed by atoms with E-state index in [-0.39, 0.29) is 12.1 Å². The van der Waals surface area contributed by atoms with E-state index in [0.29, 0.717) is 24.5 Å². The predicted octanol–water partition coefficient (Wildman–Crippen LogP) is 1.78. The molecule has 1 rings (SSSR count). The first-order valence-electron chi connectivity index (χ1n) is 5.86. The first-order chi connectivity index (χ1) is 8.11. The van der Waals surface area contributed by atoms with Gasteiger partial charge in [0.2, 0.25) is 0 Å². The minimum Gasteiger partial charge on any atom is -0.469 e. The number of halogens is 1. The van der Waals surface area contributed by atoms with E-state index < -0.39 is 0 Å². The zero-order chi connectivity index (χ0) is 12.7. The Labute approximate surface area is 108 Å². The van der Waals surface area contributed by atoms with Crippen LogP contribution in [0.25, 0.3) is 0 Å². The number of hydrogen-bond acceptors (Lipinski definition) is 4.